The lowest BCUT2D eigenvalue weighted by Gasteiger charge is -2.27. The molecule has 0 radical (unpaired) electrons. The molecule has 0 bridgehead atoms. The second-order valence-electron chi connectivity index (χ2n) is 5.24. The van der Waals surface area contributed by atoms with Crippen LogP contribution in [0.1, 0.15) is 38.2 Å². The van der Waals surface area contributed by atoms with Crippen LogP contribution in [0.25, 0.3) is 0 Å². The maximum Gasteiger partial charge on any atom is 0.123 e. The van der Waals surface area contributed by atoms with E-state index in [1.807, 2.05) is 18.2 Å². The summed E-state index contributed by atoms with van der Waals surface area (Å²) in [4.78, 5) is 2.55. The van der Waals surface area contributed by atoms with Gasteiger partial charge in [0.1, 0.15) is 5.75 Å². The van der Waals surface area contributed by atoms with Crippen LogP contribution in [0.15, 0.2) is 18.2 Å². The minimum atomic E-state index is 0.652. The molecule has 1 heterocycles. The molecule has 0 spiro atoms. The Balaban J connectivity index is 2.13. The number of nitrogens with two attached hydrogens (primary N) is 1. The molecule has 1 aromatic carbocycles. The van der Waals surface area contributed by atoms with Crippen LogP contribution in [0.3, 0.4) is 0 Å². The average Bonchev–Trinajstić information content (AvgIpc) is 2.55. The summed E-state index contributed by atoms with van der Waals surface area (Å²) >= 11 is 0. The van der Waals surface area contributed by atoms with E-state index in [1.54, 1.807) is 7.11 Å². The highest BCUT2D eigenvalue weighted by Crippen LogP contribution is 2.25. The lowest BCUT2D eigenvalue weighted by atomic mass is 10.1. The molecule has 1 saturated heterocycles. The van der Waals surface area contributed by atoms with E-state index in [-0.39, 0.29) is 0 Å². The number of ether oxygens (including phenoxy) is 1. The van der Waals surface area contributed by atoms with Crippen molar-refractivity contribution in [2.45, 2.75) is 45.2 Å². The number of likely N-dealkylation sites (tertiary alicyclic amines) is 1. The van der Waals surface area contributed by atoms with Gasteiger partial charge in [-0.05, 0) is 44.5 Å². The van der Waals surface area contributed by atoms with Crippen molar-refractivity contribution in [2.24, 2.45) is 0 Å². The molecular weight excluding hydrogens is 224 g/mol. The first-order chi connectivity index (χ1) is 8.70. The molecule has 2 rings (SSSR count). The summed E-state index contributed by atoms with van der Waals surface area (Å²) in [7, 11) is 1.72. The Morgan fingerprint density at radius 3 is 2.94 bits per heavy atom. The highest BCUT2D eigenvalue weighted by molar-refractivity contribution is 5.47. The first-order valence-corrected chi connectivity index (χ1v) is 6.87. The maximum atomic E-state index is 5.88. The summed E-state index contributed by atoms with van der Waals surface area (Å²) in [6.45, 7) is 4.44. The summed E-state index contributed by atoms with van der Waals surface area (Å²) in [5.74, 6) is 0.945. The number of benzene rings is 1. The molecule has 2 N–H and O–H groups in total. The molecule has 1 fully saturated rings. The largest absolute Gasteiger partial charge is 0.496 e. The molecule has 0 aliphatic carbocycles. The fourth-order valence-electron chi connectivity index (χ4n) is 2.71. The van der Waals surface area contributed by atoms with Crippen molar-refractivity contribution in [3.8, 4) is 5.75 Å². The van der Waals surface area contributed by atoms with Crippen LogP contribution in [0, 0.1) is 0 Å². The van der Waals surface area contributed by atoms with Crippen molar-refractivity contribution in [3.05, 3.63) is 23.8 Å². The normalized spacial score (nSPS) is 21.6. The van der Waals surface area contributed by atoms with E-state index in [4.69, 9.17) is 10.5 Å². The summed E-state index contributed by atoms with van der Waals surface area (Å²) in [5.41, 5.74) is 7.89. The van der Waals surface area contributed by atoms with E-state index in [1.165, 1.54) is 37.8 Å². The minimum absolute atomic E-state index is 0.652. The summed E-state index contributed by atoms with van der Waals surface area (Å²) < 4.78 is 5.43. The average molecular weight is 248 g/mol. The molecule has 0 amide bonds. The minimum Gasteiger partial charge on any atom is -0.496 e. The van der Waals surface area contributed by atoms with Gasteiger partial charge >= 0.3 is 0 Å². The third kappa shape index (κ3) is 3.16. The predicted molar refractivity (Wildman–Crippen MR) is 75.7 cm³/mol. The highest BCUT2D eigenvalue weighted by Gasteiger charge is 2.18. The standard InChI is InChI=1S/C15H24N2O/c1-12-6-4-3-5-9-17(12)11-13-10-14(16)7-8-15(13)18-2/h7-8,10,12H,3-6,9,11,16H2,1-2H3. The Hall–Kier alpha value is -1.22. The van der Waals surface area contributed by atoms with E-state index < -0.39 is 0 Å². The molecule has 3 nitrogen and oxygen atoms in total. The molecule has 0 saturated carbocycles. The number of hydrogen-bond acceptors (Lipinski definition) is 3. The third-order valence-corrected chi connectivity index (χ3v) is 3.87. The van der Waals surface area contributed by atoms with Gasteiger partial charge in [-0.1, -0.05) is 12.8 Å². The Kier molecular flexibility index (Phi) is 4.48. The number of rotatable bonds is 3. The topological polar surface area (TPSA) is 38.5 Å². The molecule has 3 heteroatoms. The van der Waals surface area contributed by atoms with Crippen molar-refractivity contribution in [1.82, 2.24) is 4.90 Å². The monoisotopic (exact) mass is 248 g/mol. The van der Waals surface area contributed by atoms with Crippen molar-refractivity contribution in [2.75, 3.05) is 19.4 Å². The Morgan fingerprint density at radius 1 is 1.33 bits per heavy atom. The number of anilines is 1. The van der Waals surface area contributed by atoms with Gasteiger partial charge in [-0.2, -0.15) is 0 Å². The van der Waals surface area contributed by atoms with E-state index in [9.17, 15) is 0 Å². The fraction of sp³-hybridized carbons (Fsp3) is 0.600. The number of hydrogen-bond donors (Lipinski definition) is 1. The summed E-state index contributed by atoms with van der Waals surface area (Å²) in [5, 5.41) is 0. The van der Waals surface area contributed by atoms with Crippen LogP contribution in [0.2, 0.25) is 0 Å². The Bertz CT molecular complexity index is 392. The molecular formula is C15H24N2O. The van der Waals surface area contributed by atoms with Gasteiger partial charge in [0.2, 0.25) is 0 Å². The molecule has 1 aliphatic heterocycles. The summed E-state index contributed by atoms with van der Waals surface area (Å²) in [6.07, 6.45) is 5.31. The smallest absolute Gasteiger partial charge is 0.123 e. The van der Waals surface area contributed by atoms with E-state index in [2.05, 4.69) is 11.8 Å². The lowest BCUT2D eigenvalue weighted by Crippen LogP contribution is -2.32. The number of methoxy groups -OCH3 is 1. The maximum absolute atomic E-state index is 5.88. The van der Waals surface area contributed by atoms with Crippen LogP contribution in [0.5, 0.6) is 5.75 Å². The zero-order valence-electron chi connectivity index (χ0n) is 11.5. The Labute approximate surface area is 110 Å². The second kappa shape index (κ2) is 6.10. The second-order valence-corrected chi connectivity index (χ2v) is 5.24. The SMILES string of the molecule is COc1ccc(N)cc1CN1CCCCCC1C. The van der Waals surface area contributed by atoms with Gasteiger partial charge in [-0.3, -0.25) is 4.90 Å². The highest BCUT2D eigenvalue weighted by atomic mass is 16.5. The molecule has 100 valence electrons. The lowest BCUT2D eigenvalue weighted by molar-refractivity contribution is 0.202. The zero-order chi connectivity index (χ0) is 13.0. The predicted octanol–water partition coefficient (Wildman–Crippen LogP) is 3.04. The van der Waals surface area contributed by atoms with Crippen LogP contribution in [-0.2, 0) is 6.54 Å². The van der Waals surface area contributed by atoms with Gasteiger partial charge in [0.05, 0.1) is 7.11 Å². The molecule has 1 aliphatic rings. The van der Waals surface area contributed by atoms with Gasteiger partial charge in [0.15, 0.2) is 0 Å². The van der Waals surface area contributed by atoms with E-state index in [0.717, 1.165) is 18.0 Å². The molecule has 1 unspecified atom stereocenters. The van der Waals surface area contributed by atoms with Gasteiger partial charge < -0.3 is 10.5 Å². The number of nitrogen functional groups attached to an aromatic ring is 1. The van der Waals surface area contributed by atoms with Crippen LogP contribution < -0.4 is 10.5 Å². The van der Waals surface area contributed by atoms with Gasteiger partial charge in [-0.25, -0.2) is 0 Å². The van der Waals surface area contributed by atoms with Crippen molar-refractivity contribution >= 4 is 5.69 Å². The van der Waals surface area contributed by atoms with Crippen molar-refractivity contribution in [1.29, 1.82) is 0 Å². The van der Waals surface area contributed by atoms with E-state index >= 15 is 0 Å². The third-order valence-electron chi connectivity index (χ3n) is 3.87. The molecule has 0 aromatic heterocycles. The van der Waals surface area contributed by atoms with Crippen molar-refractivity contribution in [3.63, 3.8) is 0 Å². The van der Waals surface area contributed by atoms with Crippen LogP contribution in [0.4, 0.5) is 5.69 Å². The fourth-order valence-corrected chi connectivity index (χ4v) is 2.71. The van der Waals surface area contributed by atoms with Crippen LogP contribution >= 0.6 is 0 Å². The molecule has 1 atom stereocenters. The Morgan fingerprint density at radius 2 is 2.17 bits per heavy atom. The zero-order valence-corrected chi connectivity index (χ0v) is 11.5. The van der Waals surface area contributed by atoms with Gasteiger partial charge in [-0.15, -0.1) is 0 Å². The van der Waals surface area contributed by atoms with Crippen molar-refractivity contribution < 1.29 is 4.74 Å². The van der Waals surface area contributed by atoms with E-state index in [0.29, 0.717) is 6.04 Å². The molecule has 18 heavy (non-hydrogen) atoms. The van der Waals surface area contributed by atoms with Gasteiger partial charge in [0.25, 0.3) is 0 Å². The quantitative estimate of drug-likeness (QED) is 0.836. The first-order valence-electron chi connectivity index (χ1n) is 6.87. The summed E-state index contributed by atoms with van der Waals surface area (Å²) in [6, 6.07) is 6.55. The molecule has 1 aromatic rings. The van der Waals surface area contributed by atoms with Crippen LogP contribution in [-0.4, -0.2) is 24.6 Å². The van der Waals surface area contributed by atoms with Gasteiger partial charge in [0, 0.05) is 23.8 Å². The first kappa shape index (κ1) is 13.2. The number of nitrogens with zero attached hydrogens (tertiary/aromatic N) is 1.